The zero-order chi connectivity index (χ0) is 10.7. The van der Waals surface area contributed by atoms with Gasteiger partial charge >= 0.3 is 0 Å². The molecule has 0 spiro atoms. The van der Waals surface area contributed by atoms with Gasteiger partial charge in [-0.3, -0.25) is 0 Å². The van der Waals surface area contributed by atoms with Crippen LogP contribution < -0.4 is 5.32 Å². The minimum atomic E-state index is 0.401. The fraction of sp³-hybridized carbons (Fsp3) is 0.800. The Hall–Kier alpha value is -0.550. The van der Waals surface area contributed by atoms with Crippen LogP contribution in [-0.4, -0.2) is 29.0 Å². The summed E-state index contributed by atoms with van der Waals surface area (Å²) in [6.07, 6.45) is 0. The van der Waals surface area contributed by atoms with Crippen LogP contribution in [0.25, 0.3) is 0 Å². The van der Waals surface area contributed by atoms with Crippen LogP contribution in [0.3, 0.4) is 0 Å². The first-order valence-corrected chi connectivity index (χ1v) is 6.57. The van der Waals surface area contributed by atoms with Crippen molar-refractivity contribution in [1.82, 2.24) is 15.5 Å². The van der Waals surface area contributed by atoms with Crippen molar-refractivity contribution < 1.29 is 4.52 Å². The molecule has 5 heteroatoms. The van der Waals surface area contributed by atoms with Crippen LogP contribution in [0, 0.1) is 5.92 Å². The van der Waals surface area contributed by atoms with Crippen molar-refractivity contribution in [3.05, 3.63) is 11.7 Å². The van der Waals surface area contributed by atoms with Crippen LogP contribution in [0.5, 0.6) is 0 Å². The number of aromatic nitrogens is 2. The SMILES string of the molecule is CCSCc1noc([C@@H]2CNC[C@H]2C)n1. The molecule has 2 rings (SSSR count). The molecule has 0 saturated carbocycles. The number of rotatable bonds is 4. The fourth-order valence-electron chi connectivity index (χ4n) is 1.81. The topological polar surface area (TPSA) is 51.0 Å². The Morgan fingerprint density at radius 1 is 1.53 bits per heavy atom. The van der Waals surface area contributed by atoms with Gasteiger partial charge in [-0.1, -0.05) is 19.0 Å². The Balaban J connectivity index is 1.99. The highest BCUT2D eigenvalue weighted by molar-refractivity contribution is 7.98. The van der Waals surface area contributed by atoms with E-state index in [1.807, 2.05) is 11.8 Å². The van der Waals surface area contributed by atoms with E-state index in [0.717, 1.165) is 36.3 Å². The van der Waals surface area contributed by atoms with Crippen LogP contribution in [-0.2, 0) is 5.75 Å². The molecule has 0 amide bonds. The second kappa shape index (κ2) is 4.99. The van der Waals surface area contributed by atoms with Gasteiger partial charge in [-0.05, 0) is 18.2 Å². The molecule has 0 unspecified atom stereocenters. The summed E-state index contributed by atoms with van der Waals surface area (Å²) in [5.74, 6) is 4.57. The highest BCUT2D eigenvalue weighted by atomic mass is 32.2. The number of nitrogens with zero attached hydrogens (tertiary/aromatic N) is 2. The first kappa shape index (κ1) is 11.0. The average molecular weight is 227 g/mol. The van der Waals surface area contributed by atoms with Crippen molar-refractivity contribution in [2.24, 2.45) is 5.92 Å². The zero-order valence-corrected chi connectivity index (χ0v) is 10.0. The highest BCUT2D eigenvalue weighted by Crippen LogP contribution is 2.26. The highest BCUT2D eigenvalue weighted by Gasteiger charge is 2.29. The van der Waals surface area contributed by atoms with Crippen molar-refractivity contribution in [3.63, 3.8) is 0 Å². The molecule has 2 heterocycles. The van der Waals surface area contributed by atoms with Crippen LogP contribution >= 0.6 is 11.8 Å². The van der Waals surface area contributed by atoms with Gasteiger partial charge in [-0.15, -0.1) is 0 Å². The molecular weight excluding hydrogens is 210 g/mol. The number of thioether (sulfide) groups is 1. The van der Waals surface area contributed by atoms with Crippen LogP contribution in [0.4, 0.5) is 0 Å². The van der Waals surface area contributed by atoms with Crippen molar-refractivity contribution in [2.45, 2.75) is 25.5 Å². The molecule has 0 aliphatic carbocycles. The third kappa shape index (κ3) is 2.52. The number of hydrogen-bond acceptors (Lipinski definition) is 5. The summed E-state index contributed by atoms with van der Waals surface area (Å²) in [6.45, 7) is 6.36. The van der Waals surface area contributed by atoms with E-state index < -0.39 is 0 Å². The summed E-state index contributed by atoms with van der Waals surface area (Å²) in [7, 11) is 0. The van der Waals surface area contributed by atoms with Gasteiger partial charge in [-0.2, -0.15) is 16.7 Å². The zero-order valence-electron chi connectivity index (χ0n) is 9.19. The Morgan fingerprint density at radius 2 is 2.40 bits per heavy atom. The standard InChI is InChI=1S/C10H17N3OS/c1-3-15-6-9-12-10(14-13-9)8-5-11-4-7(8)2/h7-8,11H,3-6H2,1-2H3/t7-,8-/m1/s1. The van der Waals surface area contributed by atoms with Crippen LogP contribution in [0.15, 0.2) is 4.52 Å². The van der Waals surface area contributed by atoms with Crippen molar-refractivity contribution in [3.8, 4) is 0 Å². The molecule has 0 bridgehead atoms. The molecule has 84 valence electrons. The van der Waals surface area contributed by atoms with Gasteiger partial charge in [0.2, 0.25) is 5.89 Å². The molecule has 1 fully saturated rings. The van der Waals surface area contributed by atoms with Crippen LogP contribution in [0.2, 0.25) is 0 Å². The Kier molecular flexibility index (Phi) is 3.64. The van der Waals surface area contributed by atoms with Gasteiger partial charge in [0.25, 0.3) is 0 Å². The largest absolute Gasteiger partial charge is 0.339 e. The molecule has 15 heavy (non-hydrogen) atoms. The first-order valence-electron chi connectivity index (χ1n) is 5.42. The minimum absolute atomic E-state index is 0.401. The summed E-state index contributed by atoms with van der Waals surface area (Å²) in [5, 5.41) is 7.34. The Labute approximate surface area is 94.2 Å². The number of hydrogen-bond donors (Lipinski definition) is 1. The summed E-state index contributed by atoms with van der Waals surface area (Å²) >= 11 is 1.82. The third-order valence-corrected chi connectivity index (χ3v) is 3.62. The van der Waals surface area contributed by atoms with E-state index in [-0.39, 0.29) is 0 Å². The molecule has 1 aliphatic rings. The van der Waals surface area contributed by atoms with Gasteiger partial charge in [-0.25, -0.2) is 0 Å². The third-order valence-electron chi connectivity index (χ3n) is 2.75. The molecule has 1 aromatic rings. The predicted octanol–water partition coefficient (Wildman–Crippen LogP) is 1.65. The monoisotopic (exact) mass is 227 g/mol. The fourth-order valence-corrected chi connectivity index (χ4v) is 2.31. The molecule has 1 aromatic heterocycles. The maximum Gasteiger partial charge on any atom is 0.231 e. The summed E-state index contributed by atoms with van der Waals surface area (Å²) in [4.78, 5) is 4.44. The van der Waals surface area contributed by atoms with Crippen molar-refractivity contribution in [1.29, 1.82) is 0 Å². The van der Waals surface area contributed by atoms with E-state index in [0.29, 0.717) is 11.8 Å². The Morgan fingerprint density at radius 3 is 3.07 bits per heavy atom. The van der Waals surface area contributed by atoms with Crippen molar-refractivity contribution >= 4 is 11.8 Å². The molecule has 1 saturated heterocycles. The van der Waals surface area contributed by atoms with Crippen molar-refractivity contribution in [2.75, 3.05) is 18.8 Å². The van der Waals surface area contributed by atoms with Gasteiger partial charge < -0.3 is 9.84 Å². The molecule has 1 aliphatic heterocycles. The molecule has 4 nitrogen and oxygen atoms in total. The van der Waals surface area contributed by atoms with Gasteiger partial charge in [0, 0.05) is 6.54 Å². The molecule has 2 atom stereocenters. The van der Waals surface area contributed by atoms with E-state index in [2.05, 4.69) is 29.3 Å². The minimum Gasteiger partial charge on any atom is -0.339 e. The normalized spacial score (nSPS) is 26.0. The van der Waals surface area contributed by atoms with E-state index in [4.69, 9.17) is 4.52 Å². The van der Waals surface area contributed by atoms with E-state index in [9.17, 15) is 0 Å². The predicted molar refractivity (Wildman–Crippen MR) is 60.9 cm³/mol. The lowest BCUT2D eigenvalue weighted by atomic mass is 9.98. The smallest absolute Gasteiger partial charge is 0.231 e. The molecule has 1 N–H and O–H groups in total. The van der Waals surface area contributed by atoms with Gasteiger partial charge in [0.1, 0.15) is 0 Å². The second-order valence-corrected chi connectivity index (χ2v) is 5.20. The summed E-state index contributed by atoms with van der Waals surface area (Å²) in [6, 6.07) is 0. The van der Waals surface area contributed by atoms with Gasteiger partial charge in [0.05, 0.1) is 11.7 Å². The first-order chi connectivity index (χ1) is 7.31. The number of nitrogens with one attached hydrogen (secondary N) is 1. The second-order valence-electron chi connectivity index (χ2n) is 3.93. The maximum absolute atomic E-state index is 5.30. The van der Waals surface area contributed by atoms with Gasteiger partial charge in [0.15, 0.2) is 5.82 Å². The summed E-state index contributed by atoms with van der Waals surface area (Å²) < 4.78 is 5.30. The summed E-state index contributed by atoms with van der Waals surface area (Å²) in [5.41, 5.74) is 0. The average Bonchev–Trinajstić information content (AvgIpc) is 2.83. The molecular formula is C10H17N3OS. The van der Waals surface area contributed by atoms with E-state index >= 15 is 0 Å². The lowest BCUT2D eigenvalue weighted by molar-refractivity contribution is 0.337. The lowest BCUT2D eigenvalue weighted by Crippen LogP contribution is -2.08. The Bertz CT molecular complexity index is 315. The molecule has 0 aromatic carbocycles. The lowest BCUT2D eigenvalue weighted by Gasteiger charge is -2.07. The maximum atomic E-state index is 5.30. The quantitative estimate of drug-likeness (QED) is 0.847. The molecule has 0 radical (unpaired) electrons. The van der Waals surface area contributed by atoms with Crippen LogP contribution in [0.1, 0.15) is 31.5 Å². The van der Waals surface area contributed by atoms with E-state index in [1.54, 1.807) is 0 Å². The van der Waals surface area contributed by atoms with E-state index in [1.165, 1.54) is 0 Å².